The van der Waals surface area contributed by atoms with E-state index in [1.54, 1.807) is 4.68 Å². The molecule has 0 radical (unpaired) electrons. The van der Waals surface area contributed by atoms with Gasteiger partial charge in [0.15, 0.2) is 6.61 Å². The second-order valence-electron chi connectivity index (χ2n) is 7.24. The summed E-state index contributed by atoms with van der Waals surface area (Å²) in [6, 6.07) is 9.49. The average Bonchev–Trinajstić information content (AvgIpc) is 2.88. The van der Waals surface area contributed by atoms with Crippen molar-refractivity contribution in [1.82, 2.24) is 20.6 Å². The molecule has 7 heteroatoms. The molecule has 1 aromatic heterocycles. The molecule has 26 heavy (non-hydrogen) atoms. The van der Waals surface area contributed by atoms with Crippen molar-refractivity contribution in [3.8, 4) is 5.75 Å². The van der Waals surface area contributed by atoms with Crippen LogP contribution in [0, 0.1) is 13.8 Å². The van der Waals surface area contributed by atoms with E-state index in [9.17, 15) is 9.59 Å². The van der Waals surface area contributed by atoms with Crippen molar-refractivity contribution in [2.24, 2.45) is 0 Å². The molecule has 0 aliphatic rings. The second-order valence-corrected chi connectivity index (χ2v) is 7.24. The highest BCUT2D eigenvalue weighted by molar-refractivity contribution is 5.82. The van der Waals surface area contributed by atoms with Crippen LogP contribution in [0.15, 0.2) is 30.3 Å². The largest absolute Gasteiger partial charge is 0.484 e. The highest BCUT2D eigenvalue weighted by atomic mass is 16.5. The monoisotopic (exact) mass is 358 g/mol. The van der Waals surface area contributed by atoms with E-state index >= 15 is 0 Å². The lowest BCUT2D eigenvalue weighted by molar-refractivity contribution is -0.130. The molecule has 7 nitrogen and oxygen atoms in total. The van der Waals surface area contributed by atoms with Crippen LogP contribution < -0.4 is 15.6 Å². The van der Waals surface area contributed by atoms with E-state index in [-0.39, 0.29) is 24.5 Å². The van der Waals surface area contributed by atoms with Crippen LogP contribution in [-0.4, -0.2) is 28.2 Å². The molecule has 2 rings (SSSR count). The van der Waals surface area contributed by atoms with Gasteiger partial charge in [0.2, 0.25) is 0 Å². The van der Waals surface area contributed by atoms with E-state index in [2.05, 4.69) is 36.7 Å². The zero-order chi connectivity index (χ0) is 19.3. The molecule has 0 spiro atoms. The van der Waals surface area contributed by atoms with Gasteiger partial charge in [0.05, 0.1) is 5.69 Å². The van der Waals surface area contributed by atoms with Crippen molar-refractivity contribution in [3.05, 3.63) is 47.3 Å². The van der Waals surface area contributed by atoms with Gasteiger partial charge in [-0.25, -0.2) is 0 Å². The van der Waals surface area contributed by atoms with Gasteiger partial charge >= 0.3 is 0 Å². The van der Waals surface area contributed by atoms with Crippen LogP contribution in [-0.2, 0) is 21.5 Å². The van der Waals surface area contributed by atoms with Crippen LogP contribution in [0.1, 0.15) is 37.7 Å². The average molecular weight is 358 g/mol. The molecule has 0 saturated heterocycles. The maximum atomic E-state index is 11.9. The summed E-state index contributed by atoms with van der Waals surface area (Å²) in [4.78, 5) is 23.7. The summed E-state index contributed by atoms with van der Waals surface area (Å²) in [5, 5.41) is 4.20. The minimum atomic E-state index is -0.438. The normalized spacial score (nSPS) is 11.1. The number of amides is 2. The lowest BCUT2D eigenvalue weighted by Crippen LogP contribution is -2.45. The number of aromatic nitrogens is 2. The summed E-state index contributed by atoms with van der Waals surface area (Å²) < 4.78 is 7.00. The minimum Gasteiger partial charge on any atom is -0.484 e. The van der Waals surface area contributed by atoms with E-state index < -0.39 is 5.91 Å². The first-order chi connectivity index (χ1) is 12.1. The number of nitrogens with one attached hydrogen (secondary N) is 2. The predicted octanol–water partition coefficient (Wildman–Crippen LogP) is 2.02. The number of benzene rings is 1. The van der Waals surface area contributed by atoms with Crippen LogP contribution >= 0.6 is 0 Å². The Morgan fingerprint density at radius 2 is 1.69 bits per heavy atom. The molecule has 0 saturated carbocycles. The summed E-state index contributed by atoms with van der Waals surface area (Å²) in [6.07, 6.45) is 0. The summed E-state index contributed by atoms with van der Waals surface area (Å²) in [7, 11) is 0. The van der Waals surface area contributed by atoms with E-state index in [1.165, 1.54) is 5.56 Å². The summed E-state index contributed by atoms with van der Waals surface area (Å²) in [6.45, 7) is 9.96. The van der Waals surface area contributed by atoms with E-state index in [4.69, 9.17) is 4.74 Å². The predicted molar refractivity (Wildman–Crippen MR) is 98.6 cm³/mol. The Hall–Kier alpha value is -2.83. The molecule has 0 aliphatic carbocycles. The maximum absolute atomic E-state index is 11.9. The number of rotatable bonds is 5. The van der Waals surface area contributed by atoms with Crippen LogP contribution in [0.5, 0.6) is 5.75 Å². The Kier molecular flexibility index (Phi) is 6.02. The van der Waals surface area contributed by atoms with Crippen molar-refractivity contribution < 1.29 is 14.3 Å². The van der Waals surface area contributed by atoms with Crippen molar-refractivity contribution in [3.63, 3.8) is 0 Å². The van der Waals surface area contributed by atoms with Crippen molar-refractivity contribution in [1.29, 1.82) is 0 Å². The van der Waals surface area contributed by atoms with Gasteiger partial charge in [-0.2, -0.15) is 5.10 Å². The van der Waals surface area contributed by atoms with E-state index in [1.807, 2.05) is 44.2 Å². The third kappa shape index (κ3) is 5.61. The van der Waals surface area contributed by atoms with Gasteiger partial charge in [-0.3, -0.25) is 25.1 Å². The first-order valence-electron chi connectivity index (χ1n) is 8.47. The van der Waals surface area contributed by atoms with Gasteiger partial charge in [-0.15, -0.1) is 0 Å². The molecule has 0 aliphatic heterocycles. The summed E-state index contributed by atoms with van der Waals surface area (Å²) in [5.41, 5.74) is 7.65. The highest BCUT2D eigenvalue weighted by Crippen LogP contribution is 2.24. The molecule has 0 fully saturated rings. The lowest BCUT2D eigenvalue weighted by Gasteiger charge is -2.19. The number of nitrogens with zero attached hydrogens (tertiary/aromatic N) is 2. The Morgan fingerprint density at radius 3 is 2.23 bits per heavy atom. The minimum absolute atomic E-state index is 0.0368. The molecule has 0 bridgehead atoms. The van der Waals surface area contributed by atoms with Crippen molar-refractivity contribution in [2.75, 3.05) is 6.61 Å². The number of carbonyl (C=O) groups excluding carboxylic acids is 2. The van der Waals surface area contributed by atoms with Gasteiger partial charge in [0.1, 0.15) is 12.3 Å². The van der Waals surface area contributed by atoms with Crippen molar-refractivity contribution >= 4 is 11.8 Å². The van der Waals surface area contributed by atoms with Crippen LogP contribution in [0.3, 0.4) is 0 Å². The number of aryl methyl sites for hydroxylation is 2. The summed E-state index contributed by atoms with van der Waals surface area (Å²) >= 11 is 0. The lowest BCUT2D eigenvalue weighted by atomic mass is 9.87. The van der Waals surface area contributed by atoms with Gasteiger partial charge in [0, 0.05) is 5.69 Å². The van der Waals surface area contributed by atoms with Gasteiger partial charge < -0.3 is 4.74 Å². The SMILES string of the molecule is Cc1cc(C)n(CC(=O)NNC(=O)COc2ccc(C(C)(C)C)cc2)n1. The number of carbonyl (C=O) groups is 2. The highest BCUT2D eigenvalue weighted by Gasteiger charge is 2.13. The number of hydrogen-bond donors (Lipinski definition) is 2. The van der Waals surface area contributed by atoms with Crippen LogP contribution in [0.4, 0.5) is 0 Å². The fraction of sp³-hybridized carbons (Fsp3) is 0.421. The molecule has 1 heterocycles. The second kappa shape index (κ2) is 8.03. The first-order valence-corrected chi connectivity index (χ1v) is 8.47. The topological polar surface area (TPSA) is 85.2 Å². The quantitative estimate of drug-likeness (QED) is 0.801. The first kappa shape index (κ1) is 19.5. The van der Waals surface area contributed by atoms with E-state index in [0.717, 1.165) is 11.4 Å². The van der Waals surface area contributed by atoms with Gasteiger partial charge in [-0.05, 0) is 43.0 Å². The Labute approximate surface area is 153 Å². The molecule has 2 aromatic rings. The Balaban J connectivity index is 1.75. The Morgan fingerprint density at radius 1 is 1.08 bits per heavy atom. The third-order valence-corrected chi connectivity index (χ3v) is 3.83. The molecule has 0 atom stereocenters. The smallest absolute Gasteiger partial charge is 0.276 e. The molecule has 140 valence electrons. The van der Waals surface area contributed by atoms with Gasteiger partial charge in [-0.1, -0.05) is 32.9 Å². The number of hydrogen-bond acceptors (Lipinski definition) is 4. The molecule has 2 N–H and O–H groups in total. The molecule has 1 aromatic carbocycles. The standard InChI is InChI=1S/C19H26N4O3/c1-13-10-14(2)23(22-13)11-17(24)20-21-18(25)12-26-16-8-6-15(7-9-16)19(3,4)5/h6-10H,11-12H2,1-5H3,(H,20,24)(H,21,25). The Bertz CT molecular complexity index is 773. The molecular formula is C19H26N4O3. The van der Waals surface area contributed by atoms with Crippen LogP contribution in [0.2, 0.25) is 0 Å². The third-order valence-electron chi connectivity index (χ3n) is 3.83. The van der Waals surface area contributed by atoms with Crippen molar-refractivity contribution in [2.45, 2.75) is 46.6 Å². The zero-order valence-corrected chi connectivity index (χ0v) is 15.9. The van der Waals surface area contributed by atoms with E-state index in [0.29, 0.717) is 5.75 Å². The fourth-order valence-electron chi connectivity index (χ4n) is 2.39. The zero-order valence-electron chi connectivity index (χ0n) is 15.9. The maximum Gasteiger partial charge on any atom is 0.276 e. The van der Waals surface area contributed by atoms with Crippen LogP contribution in [0.25, 0.3) is 0 Å². The van der Waals surface area contributed by atoms with Gasteiger partial charge in [0.25, 0.3) is 11.8 Å². The summed E-state index contributed by atoms with van der Waals surface area (Å²) in [5.74, 6) is -0.201. The molecule has 0 unspecified atom stereocenters. The number of ether oxygens (including phenoxy) is 1. The molecule has 2 amide bonds. The fourth-order valence-corrected chi connectivity index (χ4v) is 2.39. The number of hydrazine groups is 1. The molecular weight excluding hydrogens is 332 g/mol.